The van der Waals surface area contributed by atoms with Gasteiger partial charge in [0.15, 0.2) is 11.5 Å². The lowest BCUT2D eigenvalue weighted by atomic mass is 10.1. The molecule has 1 fully saturated rings. The molecule has 1 heterocycles. The second-order valence-corrected chi connectivity index (χ2v) is 7.23. The van der Waals surface area contributed by atoms with Crippen LogP contribution in [-0.2, 0) is 0 Å². The second-order valence-electron chi connectivity index (χ2n) is 6.82. The van der Waals surface area contributed by atoms with Crippen molar-refractivity contribution in [3.05, 3.63) is 22.7 Å². The van der Waals surface area contributed by atoms with Gasteiger partial charge in [0, 0.05) is 38.3 Å². The third-order valence-electron chi connectivity index (χ3n) is 4.21. The Morgan fingerprint density at radius 1 is 1.24 bits per heavy atom. The largest absolute Gasteiger partial charge is 0.493 e. The molecule has 0 aliphatic carbocycles. The lowest BCUT2D eigenvalue weighted by Crippen LogP contribution is -2.49. The van der Waals surface area contributed by atoms with Gasteiger partial charge in [-0.05, 0) is 24.5 Å². The Morgan fingerprint density at radius 2 is 1.92 bits per heavy atom. The number of halogens is 1. The molecule has 1 aromatic carbocycles. The topological polar surface area (TPSA) is 42.0 Å². The Labute approximate surface area is 155 Å². The van der Waals surface area contributed by atoms with E-state index in [4.69, 9.17) is 21.1 Å². The molecule has 1 aliphatic heterocycles. The zero-order valence-corrected chi connectivity index (χ0v) is 16.4. The Bertz CT molecular complexity index is 584. The number of hydrogen-bond donors (Lipinski definition) is 0. The van der Waals surface area contributed by atoms with Crippen LogP contribution in [0, 0.1) is 5.92 Å². The fourth-order valence-electron chi connectivity index (χ4n) is 3.02. The Kier molecular flexibility index (Phi) is 7.38. The normalized spacial score (nSPS) is 15.5. The summed E-state index contributed by atoms with van der Waals surface area (Å²) >= 11 is 6.33. The van der Waals surface area contributed by atoms with Gasteiger partial charge in [-0.2, -0.15) is 0 Å². The zero-order valence-electron chi connectivity index (χ0n) is 15.7. The molecule has 2 rings (SSSR count). The fourth-order valence-corrected chi connectivity index (χ4v) is 3.29. The van der Waals surface area contributed by atoms with E-state index < -0.39 is 0 Å². The van der Waals surface area contributed by atoms with Crippen molar-refractivity contribution in [3.63, 3.8) is 0 Å². The van der Waals surface area contributed by atoms with Crippen LogP contribution in [0.3, 0.4) is 0 Å². The van der Waals surface area contributed by atoms with Gasteiger partial charge in [-0.15, -0.1) is 0 Å². The van der Waals surface area contributed by atoms with Gasteiger partial charge in [0.05, 0.1) is 18.7 Å². The molecule has 0 saturated carbocycles. The number of benzene rings is 1. The molecular formula is C19H29ClN2O3. The molecule has 0 spiro atoms. The first-order valence-corrected chi connectivity index (χ1v) is 9.36. The highest BCUT2D eigenvalue weighted by atomic mass is 35.5. The van der Waals surface area contributed by atoms with E-state index in [1.165, 1.54) is 0 Å². The van der Waals surface area contributed by atoms with E-state index >= 15 is 0 Å². The Hall–Kier alpha value is -1.46. The van der Waals surface area contributed by atoms with Crippen LogP contribution >= 0.6 is 11.6 Å². The minimum Gasteiger partial charge on any atom is -0.493 e. The maximum Gasteiger partial charge on any atom is 0.254 e. The smallest absolute Gasteiger partial charge is 0.254 e. The summed E-state index contributed by atoms with van der Waals surface area (Å²) < 4.78 is 11.0. The summed E-state index contributed by atoms with van der Waals surface area (Å²) in [6.07, 6.45) is 0.876. The molecule has 25 heavy (non-hydrogen) atoms. The molecule has 5 nitrogen and oxygen atoms in total. The van der Waals surface area contributed by atoms with Gasteiger partial charge in [0.25, 0.3) is 5.91 Å². The van der Waals surface area contributed by atoms with E-state index in [0.717, 1.165) is 39.1 Å². The van der Waals surface area contributed by atoms with Crippen LogP contribution in [0.1, 0.15) is 37.6 Å². The van der Waals surface area contributed by atoms with Crippen LogP contribution in [-0.4, -0.2) is 62.1 Å². The number of methoxy groups -OCH3 is 1. The van der Waals surface area contributed by atoms with E-state index in [0.29, 0.717) is 34.6 Å². The minimum absolute atomic E-state index is 0.00793. The molecule has 0 bridgehead atoms. The lowest BCUT2D eigenvalue weighted by Gasteiger charge is -2.35. The summed E-state index contributed by atoms with van der Waals surface area (Å²) in [6.45, 7) is 11.4. The van der Waals surface area contributed by atoms with Crippen molar-refractivity contribution in [2.75, 3.05) is 46.4 Å². The standard InChI is InChI=1S/C19H29ClN2O3/c1-5-10-25-18-16(20)11-15(12-17(18)24-4)19(23)22-8-6-21(7-9-22)13-14(2)3/h11-12,14H,5-10,13H2,1-4H3. The molecule has 0 radical (unpaired) electrons. The molecule has 1 aromatic rings. The summed E-state index contributed by atoms with van der Waals surface area (Å²) in [6, 6.07) is 3.40. The van der Waals surface area contributed by atoms with Crippen LogP contribution in [0.25, 0.3) is 0 Å². The number of carbonyl (C=O) groups excluding carboxylic acids is 1. The van der Waals surface area contributed by atoms with E-state index in [-0.39, 0.29) is 5.91 Å². The molecule has 0 unspecified atom stereocenters. The molecule has 0 aromatic heterocycles. The summed E-state index contributed by atoms with van der Waals surface area (Å²) in [5, 5.41) is 0.412. The predicted octanol–water partition coefficient (Wildman–Crippen LogP) is 3.55. The van der Waals surface area contributed by atoms with Gasteiger partial charge < -0.3 is 14.4 Å². The number of ether oxygens (including phenoxy) is 2. The van der Waals surface area contributed by atoms with Gasteiger partial charge in [-0.1, -0.05) is 32.4 Å². The molecule has 6 heteroatoms. The highest BCUT2D eigenvalue weighted by molar-refractivity contribution is 6.32. The first-order valence-electron chi connectivity index (χ1n) is 8.98. The molecule has 0 atom stereocenters. The lowest BCUT2D eigenvalue weighted by molar-refractivity contribution is 0.0623. The van der Waals surface area contributed by atoms with Crippen LogP contribution < -0.4 is 9.47 Å². The first-order chi connectivity index (χ1) is 12.0. The number of nitrogens with zero attached hydrogens (tertiary/aromatic N) is 2. The summed E-state index contributed by atoms with van der Waals surface area (Å²) in [5.41, 5.74) is 0.544. The average molecular weight is 369 g/mol. The fraction of sp³-hybridized carbons (Fsp3) is 0.632. The highest BCUT2D eigenvalue weighted by Gasteiger charge is 2.24. The molecule has 1 saturated heterocycles. The van der Waals surface area contributed by atoms with Crippen molar-refractivity contribution in [2.24, 2.45) is 5.92 Å². The maximum atomic E-state index is 12.8. The van der Waals surface area contributed by atoms with Crippen molar-refractivity contribution < 1.29 is 14.3 Å². The predicted molar refractivity (Wildman–Crippen MR) is 101 cm³/mol. The van der Waals surface area contributed by atoms with Crippen LogP contribution in [0.4, 0.5) is 0 Å². The van der Waals surface area contributed by atoms with Crippen molar-refractivity contribution in [2.45, 2.75) is 27.2 Å². The number of carbonyl (C=O) groups is 1. The monoisotopic (exact) mass is 368 g/mol. The number of rotatable bonds is 7. The zero-order chi connectivity index (χ0) is 18.4. The first kappa shape index (κ1) is 19.9. The SMILES string of the molecule is CCCOc1c(Cl)cc(C(=O)N2CCN(CC(C)C)CC2)cc1OC. The number of amides is 1. The third-order valence-corrected chi connectivity index (χ3v) is 4.49. The number of hydrogen-bond acceptors (Lipinski definition) is 4. The van der Waals surface area contributed by atoms with Crippen LogP contribution in [0.2, 0.25) is 5.02 Å². The van der Waals surface area contributed by atoms with Crippen molar-refractivity contribution in [1.82, 2.24) is 9.80 Å². The Balaban J connectivity index is 2.08. The molecular weight excluding hydrogens is 340 g/mol. The highest BCUT2D eigenvalue weighted by Crippen LogP contribution is 2.37. The van der Waals surface area contributed by atoms with Crippen molar-refractivity contribution >= 4 is 17.5 Å². The van der Waals surface area contributed by atoms with Crippen molar-refractivity contribution in [1.29, 1.82) is 0 Å². The molecule has 1 amide bonds. The second kappa shape index (κ2) is 9.30. The third kappa shape index (κ3) is 5.25. The van der Waals surface area contributed by atoms with Crippen LogP contribution in [0.5, 0.6) is 11.5 Å². The Morgan fingerprint density at radius 3 is 2.48 bits per heavy atom. The quantitative estimate of drug-likeness (QED) is 0.738. The molecule has 140 valence electrons. The van der Waals surface area contributed by atoms with E-state index in [1.807, 2.05) is 11.8 Å². The van der Waals surface area contributed by atoms with Gasteiger partial charge >= 0.3 is 0 Å². The maximum absolute atomic E-state index is 12.8. The summed E-state index contributed by atoms with van der Waals surface area (Å²) in [4.78, 5) is 17.1. The van der Waals surface area contributed by atoms with E-state index in [2.05, 4.69) is 18.7 Å². The molecule has 1 aliphatic rings. The summed E-state index contributed by atoms with van der Waals surface area (Å²) in [7, 11) is 1.56. The van der Waals surface area contributed by atoms with Gasteiger partial charge in [0.1, 0.15) is 0 Å². The average Bonchev–Trinajstić information content (AvgIpc) is 2.59. The van der Waals surface area contributed by atoms with E-state index in [9.17, 15) is 4.79 Å². The number of piperazine rings is 1. The summed E-state index contributed by atoms with van der Waals surface area (Å²) in [5.74, 6) is 1.64. The van der Waals surface area contributed by atoms with E-state index in [1.54, 1.807) is 19.2 Å². The molecule has 0 N–H and O–H groups in total. The van der Waals surface area contributed by atoms with Gasteiger partial charge in [0.2, 0.25) is 0 Å². The van der Waals surface area contributed by atoms with Gasteiger partial charge in [-0.25, -0.2) is 0 Å². The van der Waals surface area contributed by atoms with Gasteiger partial charge in [-0.3, -0.25) is 9.69 Å². The van der Waals surface area contributed by atoms with Crippen LogP contribution in [0.15, 0.2) is 12.1 Å². The van der Waals surface area contributed by atoms with Crippen molar-refractivity contribution in [3.8, 4) is 11.5 Å². The minimum atomic E-state index is -0.00793.